The molecule has 0 saturated carbocycles. The highest BCUT2D eigenvalue weighted by Crippen LogP contribution is 2.06. The fraction of sp³-hybridized carbons (Fsp3) is 0.750. The summed E-state index contributed by atoms with van der Waals surface area (Å²) in [6, 6.07) is 0. The summed E-state index contributed by atoms with van der Waals surface area (Å²) < 4.78 is 5.65. The van der Waals surface area contributed by atoms with Gasteiger partial charge >= 0.3 is 0 Å². The highest BCUT2D eigenvalue weighted by molar-refractivity contribution is 6.69. The van der Waals surface area contributed by atoms with Gasteiger partial charge in [-0.2, -0.15) is 0 Å². The Morgan fingerprint density at radius 2 is 2.00 bits per heavy atom. The van der Waals surface area contributed by atoms with Crippen LogP contribution in [0, 0.1) is 5.92 Å². The summed E-state index contributed by atoms with van der Waals surface area (Å²) in [5.41, 5.74) is 0. The van der Waals surface area contributed by atoms with Crippen LogP contribution in [0.3, 0.4) is 0 Å². The summed E-state index contributed by atoms with van der Waals surface area (Å²) in [6.45, 7) is 13.2. The first-order chi connectivity index (χ1) is 4.45. The van der Waals surface area contributed by atoms with Crippen molar-refractivity contribution in [3.05, 3.63) is 12.7 Å². The van der Waals surface area contributed by atoms with E-state index in [1.807, 2.05) is 6.08 Å². The molecule has 0 N–H and O–H groups in total. The van der Waals surface area contributed by atoms with Crippen LogP contribution in [-0.4, -0.2) is 14.9 Å². The molecule has 0 heterocycles. The molecule has 1 nitrogen and oxygen atoms in total. The van der Waals surface area contributed by atoms with Gasteiger partial charge in [0, 0.05) is 6.61 Å². The predicted molar refractivity (Wildman–Crippen MR) is 48.7 cm³/mol. The summed E-state index contributed by atoms with van der Waals surface area (Å²) in [7, 11) is -1.28. The topological polar surface area (TPSA) is 9.23 Å². The maximum atomic E-state index is 5.65. The van der Waals surface area contributed by atoms with Crippen molar-refractivity contribution >= 4 is 8.32 Å². The second-order valence-corrected chi connectivity index (χ2v) is 8.15. The second-order valence-electron chi connectivity index (χ2n) is 3.64. The molecule has 0 aromatic carbocycles. The van der Waals surface area contributed by atoms with Crippen LogP contribution in [0.25, 0.3) is 0 Å². The SMILES string of the molecule is C=C[C@H](C)CO[Si](C)(C)C. The van der Waals surface area contributed by atoms with Crippen molar-refractivity contribution in [3.63, 3.8) is 0 Å². The van der Waals surface area contributed by atoms with Crippen LogP contribution in [0.4, 0.5) is 0 Å². The molecule has 0 radical (unpaired) electrons. The average molecular weight is 158 g/mol. The largest absolute Gasteiger partial charge is 0.417 e. The minimum absolute atomic E-state index is 0.492. The fourth-order valence-corrected chi connectivity index (χ4v) is 1.21. The molecule has 2 heteroatoms. The molecule has 0 aliphatic carbocycles. The van der Waals surface area contributed by atoms with Gasteiger partial charge in [-0.25, -0.2) is 0 Å². The van der Waals surface area contributed by atoms with E-state index in [1.54, 1.807) is 0 Å². The Balaban J connectivity index is 3.45. The van der Waals surface area contributed by atoms with E-state index < -0.39 is 8.32 Å². The van der Waals surface area contributed by atoms with Gasteiger partial charge in [0.15, 0.2) is 8.32 Å². The van der Waals surface area contributed by atoms with Gasteiger partial charge in [-0.3, -0.25) is 0 Å². The van der Waals surface area contributed by atoms with E-state index in [1.165, 1.54) is 0 Å². The zero-order valence-corrected chi connectivity index (χ0v) is 8.48. The van der Waals surface area contributed by atoms with Gasteiger partial charge < -0.3 is 4.43 Å². The third-order valence-electron chi connectivity index (χ3n) is 1.18. The van der Waals surface area contributed by atoms with Crippen LogP contribution < -0.4 is 0 Å². The Kier molecular flexibility index (Phi) is 3.90. The lowest BCUT2D eigenvalue weighted by Crippen LogP contribution is -2.27. The van der Waals surface area contributed by atoms with E-state index in [9.17, 15) is 0 Å². The third kappa shape index (κ3) is 6.04. The first-order valence-electron chi connectivity index (χ1n) is 3.72. The Morgan fingerprint density at radius 3 is 2.30 bits per heavy atom. The summed E-state index contributed by atoms with van der Waals surface area (Å²) in [6.07, 6.45) is 1.93. The minimum atomic E-state index is -1.28. The Bertz CT molecular complexity index is 104. The van der Waals surface area contributed by atoms with Gasteiger partial charge in [0.05, 0.1) is 0 Å². The molecule has 0 unspecified atom stereocenters. The van der Waals surface area contributed by atoms with Crippen LogP contribution in [0.15, 0.2) is 12.7 Å². The monoisotopic (exact) mass is 158 g/mol. The molecule has 1 atom stereocenters. The van der Waals surface area contributed by atoms with Gasteiger partial charge in [-0.15, -0.1) is 6.58 Å². The van der Waals surface area contributed by atoms with Gasteiger partial charge in [-0.05, 0) is 25.6 Å². The third-order valence-corrected chi connectivity index (χ3v) is 2.21. The van der Waals surface area contributed by atoms with Crippen LogP contribution in [0.5, 0.6) is 0 Å². The van der Waals surface area contributed by atoms with Crippen LogP contribution >= 0.6 is 0 Å². The molecule has 0 amide bonds. The molecular formula is C8H18OSi. The van der Waals surface area contributed by atoms with E-state index >= 15 is 0 Å². The van der Waals surface area contributed by atoms with Crippen LogP contribution in [0.2, 0.25) is 19.6 Å². The molecular weight excluding hydrogens is 140 g/mol. The molecule has 0 aromatic rings. The van der Waals surface area contributed by atoms with Crippen molar-refractivity contribution in [1.82, 2.24) is 0 Å². The van der Waals surface area contributed by atoms with E-state index in [0.29, 0.717) is 5.92 Å². The zero-order chi connectivity index (χ0) is 8.20. The first kappa shape index (κ1) is 9.92. The van der Waals surface area contributed by atoms with Crippen LogP contribution in [-0.2, 0) is 4.43 Å². The highest BCUT2D eigenvalue weighted by Gasteiger charge is 2.14. The van der Waals surface area contributed by atoms with E-state index in [0.717, 1.165) is 6.61 Å². The molecule has 10 heavy (non-hydrogen) atoms. The molecule has 0 aliphatic rings. The standard InChI is InChI=1S/C8H18OSi/c1-6-8(2)7-9-10(3,4)5/h6,8H,1,7H2,2-5H3/t8-/m0/s1. The van der Waals surface area contributed by atoms with Gasteiger partial charge in [0.2, 0.25) is 0 Å². The minimum Gasteiger partial charge on any atom is -0.417 e. The molecule has 0 bridgehead atoms. The summed E-state index contributed by atoms with van der Waals surface area (Å²) in [5.74, 6) is 0.492. The van der Waals surface area contributed by atoms with E-state index in [4.69, 9.17) is 4.43 Å². The zero-order valence-electron chi connectivity index (χ0n) is 7.48. The van der Waals surface area contributed by atoms with Gasteiger partial charge in [0.1, 0.15) is 0 Å². The quantitative estimate of drug-likeness (QED) is 0.451. The maximum absolute atomic E-state index is 5.65. The second kappa shape index (κ2) is 3.94. The number of hydrogen-bond donors (Lipinski definition) is 0. The average Bonchev–Trinajstić information content (AvgIpc) is 1.81. The number of hydrogen-bond acceptors (Lipinski definition) is 1. The first-order valence-corrected chi connectivity index (χ1v) is 7.13. The maximum Gasteiger partial charge on any atom is 0.183 e. The Morgan fingerprint density at radius 1 is 1.50 bits per heavy atom. The fourth-order valence-electron chi connectivity index (χ4n) is 0.449. The lowest BCUT2D eigenvalue weighted by molar-refractivity contribution is 0.279. The smallest absolute Gasteiger partial charge is 0.183 e. The van der Waals surface area contributed by atoms with Crippen LogP contribution in [0.1, 0.15) is 6.92 Å². The van der Waals surface area contributed by atoms with Crippen molar-refractivity contribution < 1.29 is 4.43 Å². The van der Waals surface area contributed by atoms with Crippen molar-refractivity contribution in [2.45, 2.75) is 26.6 Å². The van der Waals surface area contributed by atoms with Crippen molar-refractivity contribution in [3.8, 4) is 0 Å². The van der Waals surface area contributed by atoms with Gasteiger partial charge in [0.25, 0.3) is 0 Å². The Hall–Kier alpha value is -0.0831. The molecule has 60 valence electrons. The molecule has 0 fully saturated rings. The Labute approximate surface area is 65.2 Å². The van der Waals surface area contributed by atoms with Crippen molar-refractivity contribution in [2.75, 3.05) is 6.61 Å². The summed E-state index contributed by atoms with van der Waals surface area (Å²) in [4.78, 5) is 0. The summed E-state index contributed by atoms with van der Waals surface area (Å²) in [5, 5.41) is 0. The normalized spacial score (nSPS) is 14.8. The molecule has 0 rings (SSSR count). The summed E-state index contributed by atoms with van der Waals surface area (Å²) >= 11 is 0. The molecule has 0 spiro atoms. The lowest BCUT2D eigenvalue weighted by atomic mass is 10.2. The highest BCUT2D eigenvalue weighted by atomic mass is 28.4. The molecule has 0 aromatic heterocycles. The molecule has 0 saturated heterocycles. The van der Waals surface area contributed by atoms with Crippen molar-refractivity contribution in [1.29, 1.82) is 0 Å². The predicted octanol–water partition coefficient (Wildman–Crippen LogP) is 2.66. The van der Waals surface area contributed by atoms with E-state index in [2.05, 4.69) is 33.1 Å². The molecule has 0 aliphatic heterocycles. The van der Waals surface area contributed by atoms with E-state index in [-0.39, 0.29) is 0 Å². The van der Waals surface area contributed by atoms with Gasteiger partial charge in [-0.1, -0.05) is 13.0 Å². The lowest BCUT2D eigenvalue weighted by Gasteiger charge is -2.18. The van der Waals surface area contributed by atoms with Crippen molar-refractivity contribution in [2.24, 2.45) is 5.92 Å². The number of rotatable bonds is 4.